The first-order chi connectivity index (χ1) is 9.02. The van der Waals surface area contributed by atoms with Gasteiger partial charge in [-0.05, 0) is 37.1 Å². The summed E-state index contributed by atoms with van der Waals surface area (Å²) < 4.78 is 15.0. The number of nitrogens with two attached hydrogens (primary N) is 1. The second kappa shape index (κ2) is 5.82. The van der Waals surface area contributed by atoms with Gasteiger partial charge in [0.2, 0.25) is 0 Å². The molecule has 0 spiro atoms. The van der Waals surface area contributed by atoms with Crippen LogP contribution in [0.1, 0.15) is 28.3 Å². The molecule has 0 fully saturated rings. The summed E-state index contributed by atoms with van der Waals surface area (Å²) in [6.45, 7) is 3.93. The first kappa shape index (κ1) is 14.2. The smallest absolute Gasteiger partial charge is 0.128 e. The molecule has 0 radical (unpaired) electrons. The van der Waals surface area contributed by atoms with E-state index in [1.54, 1.807) is 6.07 Å². The zero-order valence-electron chi connectivity index (χ0n) is 10.9. The summed E-state index contributed by atoms with van der Waals surface area (Å²) in [6.07, 6.45) is 0. The van der Waals surface area contributed by atoms with Gasteiger partial charge < -0.3 is 0 Å². The molecule has 0 aliphatic carbocycles. The quantitative estimate of drug-likeness (QED) is 0.667. The van der Waals surface area contributed by atoms with Crippen molar-refractivity contribution >= 4 is 15.9 Å². The highest BCUT2D eigenvalue weighted by Gasteiger charge is 2.17. The maximum absolute atomic E-state index is 14.0. The van der Waals surface area contributed by atoms with Crippen LogP contribution >= 0.6 is 15.9 Å². The van der Waals surface area contributed by atoms with Gasteiger partial charge in [0, 0.05) is 10.0 Å². The second-order valence-corrected chi connectivity index (χ2v) is 5.49. The Hall–Kier alpha value is -1.23. The zero-order valence-corrected chi connectivity index (χ0v) is 12.5. The van der Waals surface area contributed by atoms with Crippen LogP contribution in [0.4, 0.5) is 4.39 Å². The van der Waals surface area contributed by atoms with E-state index in [9.17, 15) is 4.39 Å². The average molecular weight is 323 g/mol. The Morgan fingerprint density at radius 1 is 1.16 bits per heavy atom. The largest absolute Gasteiger partial charge is 0.271 e. The minimum Gasteiger partial charge on any atom is -0.271 e. The van der Waals surface area contributed by atoms with Gasteiger partial charge in [0.15, 0.2) is 0 Å². The molecule has 0 saturated carbocycles. The van der Waals surface area contributed by atoms with Crippen molar-refractivity contribution in [1.82, 2.24) is 5.43 Å². The molecule has 2 aromatic carbocycles. The van der Waals surface area contributed by atoms with E-state index in [1.165, 1.54) is 6.07 Å². The van der Waals surface area contributed by atoms with E-state index in [0.29, 0.717) is 5.56 Å². The lowest BCUT2D eigenvalue weighted by atomic mass is 9.96. The van der Waals surface area contributed by atoms with Crippen LogP contribution in [0.25, 0.3) is 0 Å². The third-order valence-corrected chi connectivity index (χ3v) is 4.03. The Morgan fingerprint density at radius 2 is 1.89 bits per heavy atom. The van der Waals surface area contributed by atoms with Gasteiger partial charge in [0.05, 0.1) is 6.04 Å². The predicted molar refractivity (Wildman–Crippen MR) is 79.2 cm³/mol. The van der Waals surface area contributed by atoms with Gasteiger partial charge in [0.1, 0.15) is 5.82 Å². The number of nitrogens with one attached hydrogen (secondary N) is 1. The second-order valence-electron chi connectivity index (χ2n) is 4.63. The van der Waals surface area contributed by atoms with Gasteiger partial charge in [-0.25, -0.2) is 9.82 Å². The van der Waals surface area contributed by atoms with Crippen molar-refractivity contribution in [1.29, 1.82) is 0 Å². The van der Waals surface area contributed by atoms with Crippen LogP contribution in [0.5, 0.6) is 0 Å². The lowest BCUT2D eigenvalue weighted by molar-refractivity contribution is 0.559. The first-order valence-electron chi connectivity index (χ1n) is 6.01. The minimum absolute atomic E-state index is 0.255. The highest BCUT2D eigenvalue weighted by Crippen LogP contribution is 2.27. The van der Waals surface area contributed by atoms with Gasteiger partial charge in [-0.15, -0.1) is 0 Å². The van der Waals surface area contributed by atoms with Crippen LogP contribution in [0.2, 0.25) is 0 Å². The molecule has 0 amide bonds. The summed E-state index contributed by atoms with van der Waals surface area (Å²) in [5, 5.41) is 0. The lowest BCUT2D eigenvalue weighted by Gasteiger charge is -2.19. The van der Waals surface area contributed by atoms with Crippen molar-refractivity contribution in [3.05, 3.63) is 68.9 Å². The molecular formula is C15H16BrFN2. The molecule has 100 valence electrons. The Bertz CT molecular complexity index is 599. The Balaban J connectivity index is 2.49. The number of rotatable bonds is 3. The molecule has 3 N–H and O–H groups in total. The molecule has 0 aliphatic heterocycles. The van der Waals surface area contributed by atoms with Crippen LogP contribution in [-0.4, -0.2) is 0 Å². The molecule has 1 unspecified atom stereocenters. The summed E-state index contributed by atoms with van der Waals surface area (Å²) in [6, 6.07) is 10.6. The predicted octanol–water partition coefficient (Wildman–Crippen LogP) is 3.76. The number of aryl methyl sites for hydroxylation is 2. The van der Waals surface area contributed by atoms with E-state index in [0.717, 1.165) is 21.2 Å². The Morgan fingerprint density at radius 3 is 2.53 bits per heavy atom. The number of hydrogen-bond donors (Lipinski definition) is 2. The number of hydrazine groups is 1. The highest BCUT2D eigenvalue weighted by molar-refractivity contribution is 9.10. The van der Waals surface area contributed by atoms with Gasteiger partial charge in [-0.2, -0.15) is 0 Å². The number of hydrogen-bond acceptors (Lipinski definition) is 2. The Labute approximate surface area is 120 Å². The normalized spacial score (nSPS) is 12.5. The number of benzene rings is 2. The summed E-state index contributed by atoms with van der Waals surface area (Å²) >= 11 is 3.46. The van der Waals surface area contributed by atoms with Crippen LogP contribution in [0.15, 0.2) is 40.9 Å². The third-order valence-electron chi connectivity index (χ3n) is 3.14. The summed E-state index contributed by atoms with van der Waals surface area (Å²) in [7, 11) is 0. The van der Waals surface area contributed by atoms with Crippen molar-refractivity contribution < 1.29 is 4.39 Å². The van der Waals surface area contributed by atoms with E-state index in [4.69, 9.17) is 5.84 Å². The molecule has 1 atom stereocenters. The molecule has 2 rings (SSSR count). The molecule has 0 saturated heterocycles. The molecule has 0 bridgehead atoms. The summed E-state index contributed by atoms with van der Waals surface area (Å²) in [5.74, 6) is 5.36. The standard InChI is InChI=1S/C15H16BrFN2/c1-9-3-6-14(17)12(7-9)15(19-18)11-4-5-13(16)10(2)8-11/h3-8,15,19H,18H2,1-2H3. The molecule has 19 heavy (non-hydrogen) atoms. The van der Waals surface area contributed by atoms with Crippen molar-refractivity contribution in [2.45, 2.75) is 19.9 Å². The molecule has 2 nitrogen and oxygen atoms in total. The fraction of sp³-hybridized carbons (Fsp3) is 0.200. The maximum Gasteiger partial charge on any atom is 0.128 e. The van der Waals surface area contributed by atoms with E-state index in [-0.39, 0.29) is 11.9 Å². The van der Waals surface area contributed by atoms with Crippen molar-refractivity contribution in [2.24, 2.45) is 5.84 Å². The summed E-state index contributed by atoms with van der Waals surface area (Å²) in [5.41, 5.74) is 6.29. The molecule has 2 aromatic rings. The van der Waals surface area contributed by atoms with Gasteiger partial charge in [-0.3, -0.25) is 5.84 Å². The molecule has 0 aliphatic rings. The Kier molecular flexibility index (Phi) is 4.34. The topological polar surface area (TPSA) is 38.0 Å². The third kappa shape index (κ3) is 3.03. The summed E-state index contributed by atoms with van der Waals surface area (Å²) in [4.78, 5) is 0. The van der Waals surface area contributed by atoms with Gasteiger partial charge in [0.25, 0.3) is 0 Å². The van der Waals surface area contributed by atoms with Crippen molar-refractivity contribution in [3.63, 3.8) is 0 Å². The minimum atomic E-state index is -0.355. The number of halogens is 2. The van der Waals surface area contributed by atoms with Crippen molar-refractivity contribution in [3.8, 4) is 0 Å². The van der Waals surface area contributed by atoms with Crippen LogP contribution < -0.4 is 11.3 Å². The maximum atomic E-state index is 14.0. The lowest BCUT2D eigenvalue weighted by Crippen LogP contribution is -2.29. The van der Waals surface area contributed by atoms with E-state index in [2.05, 4.69) is 21.4 Å². The van der Waals surface area contributed by atoms with E-state index < -0.39 is 0 Å². The van der Waals surface area contributed by atoms with E-state index >= 15 is 0 Å². The first-order valence-corrected chi connectivity index (χ1v) is 6.80. The van der Waals surface area contributed by atoms with Gasteiger partial charge in [-0.1, -0.05) is 45.8 Å². The van der Waals surface area contributed by atoms with Crippen molar-refractivity contribution in [2.75, 3.05) is 0 Å². The SMILES string of the molecule is Cc1ccc(F)c(C(NN)c2ccc(Br)c(C)c2)c1. The van der Waals surface area contributed by atoms with Crippen LogP contribution in [-0.2, 0) is 0 Å². The fourth-order valence-corrected chi connectivity index (χ4v) is 2.34. The monoisotopic (exact) mass is 322 g/mol. The van der Waals surface area contributed by atoms with E-state index in [1.807, 2.05) is 38.1 Å². The molecule has 0 aromatic heterocycles. The fourth-order valence-electron chi connectivity index (χ4n) is 2.10. The highest BCUT2D eigenvalue weighted by atomic mass is 79.9. The van der Waals surface area contributed by atoms with Gasteiger partial charge >= 0.3 is 0 Å². The average Bonchev–Trinajstić information content (AvgIpc) is 2.38. The van der Waals surface area contributed by atoms with Crippen LogP contribution in [0.3, 0.4) is 0 Å². The molecule has 4 heteroatoms. The van der Waals surface area contributed by atoms with Crippen LogP contribution in [0, 0.1) is 19.7 Å². The molecular weight excluding hydrogens is 307 g/mol. The molecule has 0 heterocycles. The zero-order chi connectivity index (χ0) is 14.0.